The molecule has 3 amide bonds. The second-order valence-electron chi connectivity index (χ2n) is 7.12. The zero-order valence-electron chi connectivity index (χ0n) is 18.0. The maximum Gasteiger partial charge on any atom is 0.340 e. The minimum absolute atomic E-state index is 0.223. The monoisotopic (exact) mass is 451 g/mol. The van der Waals surface area contributed by atoms with Gasteiger partial charge in [-0.2, -0.15) is 0 Å². The lowest BCUT2D eigenvalue weighted by atomic mass is 10.1. The van der Waals surface area contributed by atoms with E-state index in [9.17, 15) is 14.4 Å². The Morgan fingerprint density at radius 2 is 1.82 bits per heavy atom. The van der Waals surface area contributed by atoms with Crippen molar-refractivity contribution in [2.75, 3.05) is 32.2 Å². The molecule has 0 aliphatic carbocycles. The lowest BCUT2D eigenvalue weighted by Crippen LogP contribution is -2.37. The van der Waals surface area contributed by atoms with Crippen molar-refractivity contribution >= 4 is 34.5 Å². The van der Waals surface area contributed by atoms with Crippen molar-refractivity contribution in [1.29, 1.82) is 0 Å². The van der Waals surface area contributed by atoms with Gasteiger partial charge in [-0.15, -0.1) is 0 Å². The lowest BCUT2D eigenvalue weighted by molar-refractivity contribution is -0.123. The molecule has 2 aromatic carbocycles. The van der Waals surface area contributed by atoms with Crippen molar-refractivity contribution in [3.63, 3.8) is 0 Å². The van der Waals surface area contributed by atoms with Crippen LogP contribution in [0.2, 0.25) is 0 Å². The number of nitrogens with one attached hydrogen (secondary N) is 2. The van der Waals surface area contributed by atoms with Gasteiger partial charge in [0, 0.05) is 23.2 Å². The second-order valence-corrected chi connectivity index (χ2v) is 7.12. The van der Waals surface area contributed by atoms with Gasteiger partial charge in [0.05, 0.1) is 23.9 Å². The van der Waals surface area contributed by atoms with E-state index in [2.05, 4.69) is 15.6 Å². The number of pyridine rings is 1. The molecule has 0 atom stereocenters. The predicted molar refractivity (Wildman–Crippen MR) is 118 cm³/mol. The Kier molecular flexibility index (Phi) is 6.25. The fourth-order valence-corrected chi connectivity index (χ4v) is 3.23. The third-order valence-electron chi connectivity index (χ3n) is 4.82. The molecule has 0 bridgehead atoms. The molecule has 33 heavy (non-hydrogen) atoms. The van der Waals surface area contributed by atoms with Crippen molar-refractivity contribution in [3.8, 4) is 17.2 Å². The van der Waals surface area contributed by atoms with Gasteiger partial charge in [-0.05, 0) is 37.3 Å². The first-order valence-corrected chi connectivity index (χ1v) is 10.1. The maximum atomic E-state index is 12.5. The molecule has 2 N–H and O–H groups in total. The van der Waals surface area contributed by atoms with Crippen LogP contribution in [-0.2, 0) is 9.53 Å². The molecule has 0 radical (unpaired) electrons. The van der Waals surface area contributed by atoms with Gasteiger partial charge in [0.15, 0.2) is 18.1 Å². The van der Waals surface area contributed by atoms with Gasteiger partial charge in [0.2, 0.25) is 0 Å². The van der Waals surface area contributed by atoms with E-state index >= 15 is 0 Å². The summed E-state index contributed by atoms with van der Waals surface area (Å²) in [6.45, 7) is 1.90. The van der Waals surface area contributed by atoms with Crippen molar-refractivity contribution in [2.45, 2.75) is 6.92 Å². The normalized spacial score (nSPS) is 12.1. The quantitative estimate of drug-likeness (QED) is 0.568. The van der Waals surface area contributed by atoms with Gasteiger partial charge in [-0.25, -0.2) is 9.59 Å². The number of methoxy groups -OCH3 is 1. The van der Waals surface area contributed by atoms with Crippen LogP contribution in [0.1, 0.15) is 16.1 Å². The number of nitrogens with zero attached hydrogens (tertiary/aromatic N) is 1. The summed E-state index contributed by atoms with van der Waals surface area (Å²) < 4.78 is 21.1. The number of hydrogen-bond acceptors (Lipinski definition) is 8. The molecule has 0 spiro atoms. The Bertz CT molecular complexity index is 1240. The fraction of sp³-hybridized carbons (Fsp3) is 0.217. The number of fused-ring (bicyclic) bond motifs is 2. The fourth-order valence-electron chi connectivity index (χ4n) is 3.23. The summed E-state index contributed by atoms with van der Waals surface area (Å²) in [6, 6.07) is 11.0. The molecule has 0 unspecified atom stereocenters. The van der Waals surface area contributed by atoms with E-state index in [1.165, 1.54) is 0 Å². The number of esters is 1. The van der Waals surface area contributed by atoms with E-state index in [4.69, 9.17) is 18.9 Å². The molecule has 2 heterocycles. The summed E-state index contributed by atoms with van der Waals surface area (Å²) >= 11 is 0. The average Bonchev–Trinajstić information content (AvgIpc) is 2.81. The van der Waals surface area contributed by atoms with Crippen molar-refractivity contribution in [3.05, 3.63) is 53.7 Å². The zero-order valence-corrected chi connectivity index (χ0v) is 18.0. The number of urea groups is 1. The van der Waals surface area contributed by atoms with E-state index < -0.39 is 24.5 Å². The standard InChI is InChI=1S/C23H21N3O7/c1-13-17(9-14-3-5-16(30-2)11-18(14)24-13)22(28)33-12-21(27)26-23(29)25-15-4-6-19-20(10-15)32-8-7-31-19/h3-6,9-11H,7-8,12H2,1-2H3,(H2,25,26,27,29). The van der Waals surface area contributed by atoms with E-state index in [-0.39, 0.29) is 5.56 Å². The van der Waals surface area contributed by atoms with Crippen molar-refractivity contribution < 1.29 is 33.3 Å². The topological polar surface area (TPSA) is 125 Å². The third kappa shape index (κ3) is 5.12. The highest BCUT2D eigenvalue weighted by atomic mass is 16.6. The molecule has 0 saturated heterocycles. The molecule has 4 rings (SSSR count). The van der Waals surface area contributed by atoms with Gasteiger partial charge >= 0.3 is 12.0 Å². The molecule has 1 aliphatic rings. The SMILES string of the molecule is COc1ccc2cc(C(=O)OCC(=O)NC(=O)Nc3ccc4c(c3)OCCO4)c(C)nc2c1. The van der Waals surface area contributed by atoms with Gasteiger partial charge in [-0.1, -0.05) is 0 Å². The van der Waals surface area contributed by atoms with Crippen LogP contribution >= 0.6 is 0 Å². The molecular formula is C23H21N3O7. The number of carbonyl (C=O) groups is 3. The van der Waals surface area contributed by atoms with Crippen molar-refractivity contribution in [1.82, 2.24) is 10.3 Å². The number of aryl methyl sites for hydroxylation is 1. The van der Waals surface area contributed by atoms with Crippen LogP contribution in [0, 0.1) is 6.92 Å². The first-order chi connectivity index (χ1) is 15.9. The molecular weight excluding hydrogens is 430 g/mol. The van der Waals surface area contributed by atoms with Crippen LogP contribution < -0.4 is 24.8 Å². The Labute approximate surface area is 188 Å². The number of imide groups is 1. The largest absolute Gasteiger partial charge is 0.497 e. The Morgan fingerprint density at radius 1 is 1.03 bits per heavy atom. The summed E-state index contributed by atoms with van der Waals surface area (Å²) in [5.41, 5.74) is 1.74. The first-order valence-electron chi connectivity index (χ1n) is 10.1. The van der Waals surface area contributed by atoms with E-state index in [1.807, 2.05) is 0 Å². The molecule has 10 heteroatoms. The van der Waals surface area contributed by atoms with E-state index in [1.54, 1.807) is 56.5 Å². The van der Waals surface area contributed by atoms with Gasteiger partial charge in [0.25, 0.3) is 5.91 Å². The summed E-state index contributed by atoms with van der Waals surface area (Å²) in [7, 11) is 1.56. The molecule has 10 nitrogen and oxygen atoms in total. The summed E-state index contributed by atoms with van der Waals surface area (Å²) in [5.74, 6) is 0.218. The lowest BCUT2D eigenvalue weighted by Gasteiger charge is -2.19. The minimum atomic E-state index is -0.783. The predicted octanol–water partition coefficient (Wildman–Crippen LogP) is 2.83. The van der Waals surface area contributed by atoms with Crippen LogP contribution in [0.15, 0.2) is 42.5 Å². The summed E-state index contributed by atoms with van der Waals surface area (Å²) in [6.07, 6.45) is 0. The number of amides is 3. The smallest absolute Gasteiger partial charge is 0.340 e. The van der Waals surface area contributed by atoms with Crippen LogP contribution in [0.25, 0.3) is 10.9 Å². The maximum absolute atomic E-state index is 12.5. The minimum Gasteiger partial charge on any atom is -0.497 e. The number of carbonyl (C=O) groups excluding carboxylic acids is 3. The highest BCUT2D eigenvalue weighted by molar-refractivity contribution is 6.03. The number of hydrogen-bond donors (Lipinski definition) is 2. The van der Waals surface area contributed by atoms with E-state index in [0.717, 1.165) is 5.39 Å². The molecule has 3 aromatic rings. The second kappa shape index (κ2) is 9.43. The third-order valence-corrected chi connectivity index (χ3v) is 4.82. The average molecular weight is 451 g/mol. The molecule has 1 aromatic heterocycles. The molecule has 0 fully saturated rings. The Hall–Kier alpha value is -4.34. The number of rotatable bonds is 5. The summed E-state index contributed by atoms with van der Waals surface area (Å²) in [5, 5.41) is 5.34. The zero-order chi connectivity index (χ0) is 23.4. The van der Waals surface area contributed by atoms with Crippen LogP contribution in [-0.4, -0.2) is 49.8 Å². The number of benzene rings is 2. The van der Waals surface area contributed by atoms with Crippen LogP contribution in [0.4, 0.5) is 10.5 Å². The van der Waals surface area contributed by atoms with Crippen LogP contribution in [0.5, 0.6) is 17.2 Å². The Morgan fingerprint density at radius 3 is 2.61 bits per heavy atom. The summed E-state index contributed by atoms with van der Waals surface area (Å²) in [4.78, 5) is 41.0. The number of anilines is 1. The highest BCUT2D eigenvalue weighted by Crippen LogP contribution is 2.32. The van der Waals surface area contributed by atoms with Gasteiger partial charge < -0.3 is 24.3 Å². The van der Waals surface area contributed by atoms with Gasteiger partial charge in [-0.3, -0.25) is 15.1 Å². The van der Waals surface area contributed by atoms with E-state index in [0.29, 0.717) is 47.4 Å². The Balaban J connectivity index is 1.32. The molecule has 1 aliphatic heterocycles. The number of ether oxygens (including phenoxy) is 4. The molecule has 170 valence electrons. The van der Waals surface area contributed by atoms with Gasteiger partial charge in [0.1, 0.15) is 19.0 Å². The van der Waals surface area contributed by atoms with Crippen LogP contribution in [0.3, 0.4) is 0 Å². The number of aromatic nitrogens is 1. The molecule has 0 saturated carbocycles. The van der Waals surface area contributed by atoms with Crippen molar-refractivity contribution in [2.24, 2.45) is 0 Å². The first kappa shape index (κ1) is 21.9. The highest BCUT2D eigenvalue weighted by Gasteiger charge is 2.17.